The Morgan fingerprint density at radius 2 is 1.68 bits per heavy atom. The molecule has 0 saturated carbocycles. The number of nitrogens with zero attached hydrogens (tertiary/aromatic N) is 1. The Labute approximate surface area is 214 Å². The van der Waals surface area contributed by atoms with Crippen LogP contribution in [0.4, 0.5) is 13.2 Å². The maximum atomic E-state index is 12.9. The second kappa shape index (κ2) is 11.6. The van der Waals surface area contributed by atoms with Gasteiger partial charge in [0.05, 0.1) is 30.2 Å². The highest BCUT2D eigenvalue weighted by molar-refractivity contribution is 5.79. The van der Waals surface area contributed by atoms with Crippen LogP contribution in [0.15, 0.2) is 54.6 Å². The molecule has 198 valence electrons. The highest BCUT2D eigenvalue weighted by Gasteiger charge is 2.32. The second-order valence-electron chi connectivity index (χ2n) is 8.86. The molecule has 6 nitrogen and oxygen atoms in total. The smallest absolute Gasteiger partial charge is 0.416 e. The van der Waals surface area contributed by atoms with E-state index in [1.165, 1.54) is 19.2 Å². The lowest BCUT2D eigenvalue weighted by atomic mass is 10.1. The summed E-state index contributed by atoms with van der Waals surface area (Å²) in [5.41, 5.74) is 1.42. The van der Waals surface area contributed by atoms with Crippen molar-refractivity contribution in [1.82, 2.24) is 4.98 Å². The number of aromatic nitrogens is 1. The number of benzene rings is 2. The quantitative estimate of drug-likeness (QED) is 0.285. The number of methoxy groups -OCH3 is 1. The van der Waals surface area contributed by atoms with E-state index in [2.05, 4.69) is 4.98 Å². The Balaban J connectivity index is 1.73. The average Bonchev–Trinajstić information content (AvgIpc) is 2.84. The largest absolute Gasteiger partial charge is 0.489 e. The molecule has 0 atom stereocenters. The fraction of sp³-hybridized carbons (Fsp3) is 0.357. The lowest BCUT2D eigenvalue weighted by molar-refractivity contribution is -0.158. The normalized spacial score (nSPS) is 11.8. The molecule has 1 aromatic heterocycles. The Hall–Kier alpha value is -3.59. The standard InChI is InChI=1S/C28H30F3NO5/c1-6-35-26(33)27(3,4)37-25-14-12-22(15-18(25)2)36-16-20-9-13-23(32-24(20)17-34-5)19-7-10-21(11-8-19)28(29,30)31/h7-15H,6,16-17H2,1-5H3. The summed E-state index contributed by atoms with van der Waals surface area (Å²) >= 11 is 0. The fourth-order valence-electron chi connectivity index (χ4n) is 3.52. The summed E-state index contributed by atoms with van der Waals surface area (Å²) in [5, 5.41) is 0. The lowest BCUT2D eigenvalue weighted by Gasteiger charge is -2.25. The van der Waals surface area contributed by atoms with Gasteiger partial charge in [-0.1, -0.05) is 18.2 Å². The first-order valence-electron chi connectivity index (χ1n) is 11.7. The van der Waals surface area contributed by atoms with E-state index in [0.29, 0.717) is 28.5 Å². The first-order valence-corrected chi connectivity index (χ1v) is 11.7. The maximum Gasteiger partial charge on any atom is 0.416 e. The van der Waals surface area contributed by atoms with Gasteiger partial charge in [-0.15, -0.1) is 0 Å². The van der Waals surface area contributed by atoms with Gasteiger partial charge in [0.25, 0.3) is 0 Å². The molecule has 9 heteroatoms. The van der Waals surface area contributed by atoms with Crippen molar-refractivity contribution in [2.24, 2.45) is 0 Å². The van der Waals surface area contributed by atoms with Gasteiger partial charge in [-0.25, -0.2) is 9.78 Å². The number of carbonyl (C=O) groups is 1. The van der Waals surface area contributed by atoms with Gasteiger partial charge in [-0.3, -0.25) is 0 Å². The zero-order valence-corrected chi connectivity index (χ0v) is 21.4. The number of aryl methyl sites for hydroxylation is 1. The molecule has 0 unspecified atom stereocenters. The van der Waals surface area contributed by atoms with Gasteiger partial charge in [0, 0.05) is 18.2 Å². The summed E-state index contributed by atoms with van der Waals surface area (Å²) in [6.45, 7) is 7.56. The van der Waals surface area contributed by atoms with E-state index in [0.717, 1.165) is 23.3 Å². The molecule has 1 heterocycles. The van der Waals surface area contributed by atoms with E-state index in [-0.39, 0.29) is 19.8 Å². The van der Waals surface area contributed by atoms with E-state index < -0.39 is 23.3 Å². The SMILES string of the molecule is CCOC(=O)C(C)(C)Oc1ccc(OCc2ccc(-c3ccc(C(F)(F)F)cc3)nc2COC)cc1C. The third kappa shape index (κ3) is 7.22. The monoisotopic (exact) mass is 517 g/mol. The summed E-state index contributed by atoms with van der Waals surface area (Å²) < 4.78 is 60.8. The Morgan fingerprint density at radius 3 is 2.27 bits per heavy atom. The number of ether oxygens (including phenoxy) is 4. The molecule has 0 aliphatic carbocycles. The lowest BCUT2D eigenvalue weighted by Crippen LogP contribution is -2.39. The van der Waals surface area contributed by atoms with Crippen LogP contribution in [0.1, 0.15) is 43.2 Å². The number of rotatable bonds is 10. The van der Waals surface area contributed by atoms with E-state index in [1.807, 2.05) is 13.0 Å². The molecule has 0 spiro atoms. The van der Waals surface area contributed by atoms with Crippen molar-refractivity contribution in [2.75, 3.05) is 13.7 Å². The van der Waals surface area contributed by atoms with Gasteiger partial charge in [0.15, 0.2) is 5.60 Å². The highest BCUT2D eigenvalue weighted by atomic mass is 19.4. The molecule has 0 aliphatic heterocycles. The predicted molar refractivity (Wildman–Crippen MR) is 132 cm³/mol. The number of esters is 1. The molecular formula is C28H30F3NO5. The average molecular weight is 518 g/mol. The van der Waals surface area contributed by atoms with Crippen molar-refractivity contribution in [3.63, 3.8) is 0 Å². The van der Waals surface area contributed by atoms with Gasteiger partial charge < -0.3 is 18.9 Å². The molecule has 3 aromatic rings. The minimum Gasteiger partial charge on any atom is -0.489 e. The predicted octanol–water partition coefficient (Wildman–Crippen LogP) is 6.52. The zero-order chi connectivity index (χ0) is 27.2. The molecule has 0 fully saturated rings. The maximum absolute atomic E-state index is 12.9. The van der Waals surface area contributed by atoms with Crippen LogP contribution in [-0.2, 0) is 33.7 Å². The molecular weight excluding hydrogens is 487 g/mol. The van der Waals surface area contributed by atoms with Crippen LogP contribution >= 0.6 is 0 Å². The molecule has 0 amide bonds. The van der Waals surface area contributed by atoms with Gasteiger partial charge in [-0.05, 0) is 69.7 Å². The molecule has 0 aliphatic rings. The van der Waals surface area contributed by atoms with Crippen LogP contribution in [0.2, 0.25) is 0 Å². The van der Waals surface area contributed by atoms with Crippen molar-refractivity contribution in [1.29, 1.82) is 0 Å². The van der Waals surface area contributed by atoms with Crippen LogP contribution in [0.25, 0.3) is 11.3 Å². The number of alkyl halides is 3. The van der Waals surface area contributed by atoms with Gasteiger partial charge in [0.2, 0.25) is 0 Å². The highest BCUT2D eigenvalue weighted by Crippen LogP contribution is 2.31. The van der Waals surface area contributed by atoms with Gasteiger partial charge in [-0.2, -0.15) is 13.2 Å². The number of hydrogen-bond acceptors (Lipinski definition) is 6. The molecule has 0 radical (unpaired) electrons. The second-order valence-corrected chi connectivity index (χ2v) is 8.86. The summed E-state index contributed by atoms with van der Waals surface area (Å²) in [7, 11) is 1.54. The third-order valence-electron chi connectivity index (χ3n) is 5.53. The molecule has 0 saturated heterocycles. The number of carbonyl (C=O) groups excluding carboxylic acids is 1. The van der Waals surface area contributed by atoms with Crippen molar-refractivity contribution in [3.8, 4) is 22.8 Å². The van der Waals surface area contributed by atoms with Crippen LogP contribution in [0, 0.1) is 6.92 Å². The fourth-order valence-corrected chi connectivity index (χ4v) is 3.52. The van der Waals surface area contributed by atoms with E-state index >= 15 is 0 Å². The van der Waals surface area contributed by atoms with Crippen molar-refractivity contribution >= 4 is 5.97 Å². The van der Waals surface area contributed by atoms with Crippen LogP contribution < -0.4 is 9.47 Å². The first kappa shape index (κ1) is 28.0. The summed E-state index contributed by atoms with van der Waals surface area (Å²) in [4.78, 5) is 16.7. The van der Waals surface area contributed by atoms with Crippen LogP contribution in [0.3, 0.4) is 0 Å². The topological polar surface area (TPSA) is 66.9 Å². The Bertz CT molecular complexity index is 1220. The number of halogens is 3. The van der Waals surface area contributed by atoms with Gasteiger partial charge >= 0.3 is 12.1 Å². The van der Waals surface area contributed by atoms with Crippen molar-refractivity contribution in [3.05, 3.63) is 77.0 Å². The van der Waals surface area contributed by atoms with Crippen molar-refractivity contribution < 1.29 is 36.9 Å². The molecule has 2 aromatic carbocycles. The number of pyridine rings is 1. The Kier molecular flexibility index (Phi) is 8.81. The van der Waals surface area contributed by atoms with E-state index in [1.54, 1.807) is 45.0 Å². The van der Waals surface area contributed by atoms with E-state index in [4.69, 9.17) is 18.9 Å². The Morgan fingerprint density at radius 1 is 0.973 bits per heavy atom. The van der Waals surface area contributed by atoms with Crippen LogP contribution in [-0.4, -0.2) is 30.3 Å². The summed E-state index contributed by atoms with van der Waals surface area (Å²) in [6, 6.07) is 13.7. The minimum atomic E-state index is -4.39. The zero-order valence-electron chi connectivity index (χ0n) is 21.4. The first-order chi connectivity index (χ1) is 17.4. The molecule has 0 N–H and O–H groups in total. The number of hydrogen-bond donors (Lipinski definition) is 0. The van der Waals surface area contributed by atoms with Crippen LogP contribution in [0.5, 0.6) is 11.5 Å². The molecule has 3 rings (SSSR count). The molecule has 0 bridgehead atoms. The molecule has 37 heavy (non-hydrogen) atoms. The van der Waals surface area contributed by atoms with E-state index in [9.17, 15) is 18.0 Å². The summed E-state index contributed by atoms with van der Waals surface area (Å²) in [6.07, 6.45) is -4.39. The van der Waals surface area contributed by atoms with Crippen molar-refractivity contribution in [2.45, 2.75) is 52.7 Å². The third-order valence-corrected chi connectivity index (χ3v) is 5.53. The van der Waals surface area contributed by atoms with Gasteiger partial charge in [0.1, 0.15) is 18.1 Å². The minimum absolute atomic E-state index is 0.201. The summed E-state index contributed by atoms with van der Waals surface area (Å²) in [5.74, 6) is 0.676.